The summed E-state index contributed by atoms with van der Waals surface area (Å²) in [7, 11) is 0. The molecule has 166 valence electrons. The Morgan fingerprint density at radius 1 is 1.09 bits per heavy atom. The van der Waals surface area contributed by atoms with Gasteiger partial charge in [-0.15, -0.1) is 0 Å². The SMILES string of the molecule is Nc1cc(-c2ccnc(Nc3ccc(F)c(OC4CCNC4)c3)n2)ccc1OCC1CC1. The summed E-state index contributed by atoms with van der Waals surface area (Å²) >= 11 is 0. The molecule has 0 radical (unpaired) electrons. The van der Waals surface area contributed by atoms with Crippen molar-refractivity contribution in [3.63, 3.8) is 0 Å². The lowest BCUT2D eigenvalue weighted by molar-refractivity contribution is 0.213. The first-order chi connectivity index (χ1) is 15.6. The number of nitrogens with two attached hydrogens (primary N) is 1. The highest BCUT2D eigenvalue weighted by molar-refractivity contribution is 5.69. The third kappa shape index (κ3) is 4.91. The molecular weight excluding hydrogens is 409 g/mol. The van der Waals surface area contributed by atoms with Gasteiger partial charge in [0.1, 0.15) is 11.9 Å². The zero-order valence-corrected chi connectivity index (χ0v) is 17.7. The Labute approximate surface area is 186 Å². The number of aromatic nitrogens is 2. The number of hydrogen-bond acceptors (Lipinski definition) is 7. The maximum Gasteiger partial charge on any atom is 0.227 e. The predicted molar refractivity (Wildman–Crippen MR) is 122 cm³/mol. The van der Waals surface area contributed by atoms with Gasteiger partial charge in [0.15, 0.2) is 11.6 Å². The molecule has 0 spiro atoms. The number of benzene rings is 2. The molecule has 0 amide bonds. The molecule has 1 aliphatic carbocycles. The number of nitrogens with one attached hydrogen (secondary N) is 2. The maximum absolute atomic E-state index is 14.2. The molecule has 5 rings (SSSR count). The zero-order chi connectivity index (χ0) is 21.9. The Morgan fingerprint density at radius 3 is 2.78 bits per heavy atom. The van der Waals surface area contributed by atoms with Gasteiger partial charge in [-0.25, -0.2) is 14.4 Å². The number of rotatable bonds is 8. The third-order valence-corrected chi connectivity index (χ3v) is 5.63. The van der Waals surface area contributed by atoms with E-state index in [4.69, 9.17) is 15.2 Å². The van der Waals surface area contributed by atoms with Crippen LogP contribution >= 0.6 is 0 Å². The first kappa shape index (κ1) is 20.5. The number of anilines is 3. The fraction of sp³-hybridized carbons (Fsp3) is 0.333. The number of nitrogens with zero attached hydrogens (tertiary/aromatic N) is 2. The van der Waals surface area contributed by atoms with Gasteiger partial charge in [0.25, 0.3) is 0 Å². The molecular formula is C24H26FN5O2. The van der Waals surface area contributed by atoms with E-state index in [1.165, 1.54) is 18.9 Å². The Hall–Kier alpha value is -3.39. The van der Waals surface area contributed by atoms with E-state index in [0.29, 0.717) is 35.6 Å². The molecule has 3 aromatic rings. The van der Waals surface area contributed by atoms with Gasteiger partial charge in [0, 0.05) is 30.1 Å². The lowest BCUT2D eigenvalue weighted by Gasteiger charge is -2.14. The van der Waals surface area contributed by atoms with Gasteiger partial charge in [-0.2, -0.15) is 0 Å². The van der Waals surface area contributed by atoms with E-state index in [0.717, 1.165) is 30.8 Å². The summed E-state index contributed by atoms with van der Waals surface area (Å²) in [6.07, 6.45) is 4.96. The summed E-state index contributed by atoms with van der Waals surface area (Å²) in [6.45, 7) is 2.31. The van der Waals surface area contributed by atoms with Gasteiger partial charge in [-0.3, -0.25) is 0 Å². The summed E-state index contributed by atoms with van der Waals surface area (Å²) in [4.78, 5) is 8.87. The molecule has 32 heavy (non-hydrogen) atoms. The van der Waals surface area contributed by atoms with Crippen LogP contribution in [0.4, 0.5) is 21.7 Å². The van der Waals surface area contributed by atoms with Gasteiger partial charge >= 0.3 is 0 Å². The summed E-state index contributed by atoms with van der Waals surface area (Å²) in [5.41, 5.74) is 9.00. The smallest absolute Gasteiger partial charge is 0.227 e. The van der Waals surface area contributed by atoms with E-state index in [2.05, 4.69) is 20.6 Å². The minimum atomic E-state index is -0.392. The van der Waals surface area contributed by atoms with Crippen LogP contribution in [0.25, 0.3) is 11.3 Å². The quantitative estimate of drug-likeness (QED) is 0.458. The van der Waals surface area contributed by atoms with Crippen molar-refractivity contribution in [3.8, 4) is 22.8 Å². The fourth-order valence-electron chi connectivity index (χ4n) is 3.62. The molecule has 2 heterocycles. The lowest BCUT2D eigenvalue weighted by atomic mass is 10.1. The molecule has 1 saturated carbocycles. The monoisotopic (exact) mass is 435 g/mol. The normalized spacial score (nSPS) is 17.8. The molecule has 1 aromatic heterocycles. The highest BCUT2D eigenvalue weighted by atomic mass is 19.1. The maximum atomic E-state index is 14.2. The Morgan fingerprint density at radius 2 is 2.00 bits per heavy atom. The average molecular weight is 436 g/mol. The molecule has 1 saturated heterocycles. The highest BCUT2D eigenvalue weighted by Crippen LogP contribution is 2.33. The lowest BCUT2D eigenvalue weighted by Crippen LogP contribution is -2.20. The van der Waals surface area contributed by atoms with Gasteiger partial charge in [-0.05, 0) is 68.1 Å². The van der Waals surface area contributed by atoms with Crippen molar-refractivity contribution < 1.29 is 13.9 Å². The van der Waals surface area contributed by atoms with Gasteiger partial charge in [-0.1, -0.05) is 0 Å². The molecule has 0 bridgehead atoms. The van der Waals surface area contributed by atoms with Crippen LogP contribution < -0.4 is 25.8 Å². The minimum absolute atomic E-state index is 0.0268. The van der Waals surface area contributed by atoms with Crippen LogP contribution in [0.3, 0.4) is 0 Å². The molecule has 2 aromatic carbocycles. The number of nitrogen functional groups attached to an aromatic ring is 1. The standard InChI is InChI=1S/C24H26FN5O2/c25-19-5-4-17(12-23(19)32-18-7-9-27-13-18)29-24-28-10-8-21(30-24)16-3-6-22(20(26)11-16)31-14-15-1-2-15/h3-6,8,10-12,15,18,27H,1-2,7,9,13-14,26H2,(H,28,29,30). The number of ether oxygens (including phenoxy) is 2. The van der Waals surface area contributed by atoms with Crippen LogP contribution in [0.15, 0.2) is 48.7 Å². The average Bonchev–Trinajstić information content (AvgIpc) is 3.49. The number of hydrogen-bond donors (Lipinski definition) is 3. The molecule has 1 aliphatic heterocycles. The largest absolute Gasteiger partial charge is 0.491 e. The second kappa shape index (κ2) is 9.00. The second-order valence-electron chi connectivity index (χ2n) is 8.28. The Kier molecular flexibility index (Phi) is 5.77. The van der Waals surface area contributed by atoms with Crippen molar-refractivity contribution >= 4 is 17.3 Å². The molecule has 1 unspecified atom stereocenters. The molecule has 2 aliphatic rings. The van der Waals surface area contributed by atoms with E-state index in [1.54, 1.807) is 18.3 Å². The third-order valence-electron chi connectivity index (χ3n) is 5.63. The van der Waals surface area contributed by atoms with Crippen LogP contribution in [-0.4, -0.2) is 35.8 Å². The summed E-state index contributed by atoms with van der Waals surface area (Å²) in [5.74, 6) is 1.59. The van der Waals surface area contributed by atoms with Crippen molar-refractivity contribution in [2.45, 2.75) is 25.4 Å². The summed E-state index contributed by atoms with van der Waals surface area (Å²) in [6, 6.07) is 12.1. The first-order valence-electron chi connectivity index (χ1n) is 10.9. The molecule has 8 heteroatoms. The molecule has 4 N–H and O–H groups in total. The Balaban J connectivity index is 1.30. The Bertz CT molecular complexity index is 1100. The van der Waals surface area contributed by atoms with Crippen molar-refractivity contribution in [1.29, 1.82) is 0 Å². The highest BCUT2D eigenvalue weighted by Gasteiger charge is 2.22. The number of halogens is 1. The van der Waals surface area contributed by atoms with Gasteiger partial charge in [0.2, 0.25) is 5.95 Å². The zero-order valence-electron chi connectivity index (χ0n) is 17.7. The van der Waals surface area contributed by atoms with E-state index >= 15 is 0 Å². The molecule has 7 nitrogen and oxygen atoms in total. The van der Waals surface area contributed by atoms with Crippen molar-refractivity contribution in [2.24, 2.45) is 5.92 Å². The topological polar surface area (TPSA) is 94.3 Å². The van der Waals surface area contributed by atoms with Crippen LogP contribution in [-0.2, 0) is 0 Å². The van der Waals surface area contributed by atoms with Crippen molar-refractivity contribution in [1.82, 2.24) is 15.3 Å². The van der Waals surface area contributed by atoms with Gasteiger partial charge in [0.05, 0.1) is 18.0 Å². The minimum Gasteiger partial charge on any atom is -0.491 e. The van der Waals surface area contributed by atoms with Crippen LogP contribution in [0, 0.1) is 11.7 Å². The van der Waals surface area contributed by atoms with Crippen molar-refractivity contribution in [2.75, 3.05) is 30.7 Å². The first-order valence-corrected chi connectivity index (χ1v) is 10.9. The van der Waals surface area contributed by atoms with Crippen molar-refractivity contribution in [3.05, 3.63) is 54.5 Å². The van der Waals surface area contributed by atoms with Gasteiger partial charge < -0.3 is 25.8 Å². The fourth-order valence-corrected chi connectivity index (χ4v) is 3.62. The summed E-state index contributed by atoms with van der Waals surface area (Å²) in [5, 5.41) is 6.34. The van der Waals surface area contributed by atoms with E-state index in [-0.39, 0.29) is 11.9 Å². The predicted octanol–water partition coefficient (Wildman–Crippen LogP) is 4.14. The summed E-state index contributed by atoms with van der Waals surface area (Å²) < 4.78 is 25.8. The van der Waals surface area contributed by atoms with E-state index < -0.39 is 5.82 Å². The molecule has 2 fully saturated rings. The van der Waals surface area contributed by atoms with Crippen LogP contribution in [0.5, 0.6) is 11.5 Å². The van der Waals surface area contributed by atoms with E-state index in [9.17, 15) is 4.39 Å². The second-order valence-corrected chi connectivity index (χ2v) is 8.28. The van der Waals surface area contributed by atoms with Crippen LogP contribution in [0.2, 0.25) is 0 Å². The van der Waals surface area contributed by atoms with Crippen LogP contribution in [0.1, 0.15) is 19.3 Å². The molecule has 1 atom stereocenters. The van der Waals surface area contributed by atoms with E-state index in [1.807, 2.05) is 24.3 Å².